The molecule has 11 aromatic rings. The minimum Gasteiger partial charge on any atom is -0.455 e. The van der Waals surface area contributed by atoms with Gasteiger partial charge in [0.2, 0.25) is 0 Å². The summed E-state index contributed by atoms with van der Waals surface area (Å²) < 4.78 is 6.44. The van der Waals surface area contributed by atoms with Crippen LogP contribution in [0.5, 0.6) is 0 Å². The van der Waals surface area contributed by atoms with Crippen molar-refractivity contribution in [1.82, 2.24) is 15.0 Å². The largest absolute Gasteiger partial charge is 0.455 e. The van der Waals surface area contributed by atoms with Crippen LogP contribution in [0.4, 0.5) is 0 Å². The average Bonchev–Trinajstić information content (AvgIpc) is 3.71. The number of benzene rings is 9. The number of furan rings is 1. The first-order valence-corrected chi connectivity index (χ1v) is 19.8. The van der Waals surface area contributed by atoms with Gasteiger partial charge in [-0.1, -0.05) is 176 Å². The maximum absolute atomic E-state index is 6.44. The summed E-state index contributed by atoms with van der Waals surface area (Å²) in [5, 5.41) is 4.34. The third-order valence-electron chi connectivity index (χ3n) is 11.1. The predicted octanol–water partition coefficient (Wildman–Crippen LogP) is 14.6. The van der Waals surface area contributed by atoms with Crippen molar-refractivity contribution in [3.8, 4) is 78.7 Å². The van der Waals surface area contributed by atoms with Gasteiger partial charge in [-0.2, -0.15) is 0 Å². The summed E-state index contributed by atoms with van der Waals surface area (Å²) in [5.41, 5.74) is 13.7. The molecule has 4 nitrogen and oxygen atoms in total. The van der Waals surface area contributed by atoms with Crippen molar-refractivity contribution in [2.75, 3.05) is 0 Å². The van der Waals surface area contributed by atoms with Crippen molar-refractivity contribution in [1.29, 1.82) is 0 Å². The molecular formula is C55H35N3O. The molecule has 11 rings (SSSR count). The van der Waals surface area contributed by atoms with Gasteiger partial charge >= 0.3 is 0 Å². The predicted molar refractivity (Wildman–Crippen MR) is 243 cm³/mol. The van der Waals surface area contributed by atoms with Crippen molar-refractivity contribution in [2.24, 2.45) is 0 Å². The van der Waals surface area contributed by atoms with Gasteiger partial charge in [0, 0.05) is 32.8 Å². The zero-order valence-electron chi connectivity index (χ0n) is 32.0. The molecule has 2 aromatic heterocycles. The molecule has 0 bridgehead atoms. The van der Waals surface area contributed by atoms with Crippen LogP contribution in [0.3, 0.4) is 0 Å². The lowest BCUT2D eigenvalue weighted by Gasteiger charge is -2.19. The van der Waals surface area contributed by atoms with E-state index in [1.54, 1.807) is 0 Å². The Morgan fingerprint density at radius 3 is 1.41 bits per heavy atom. The van der Waals surface area contributed by atoms with E-state index in [4.69, 9.17) is 19.4 Å². The Kier molecular flexibility index (Phi) is 8.45. The van der Waals surface area contributed by atoms with E-state index in [1.165, 1.54) is 22.3 Å². The van der Waals surface area contributed by atoms with Crippen molar-refractivity contribution >= 4 is 32.7 Å². The number of hydrogen-bond donors (Lipinski definition) is 0. The third kappa shape index (κ3) is 6.34. The van der Waals surface area contributed by atoms with E-state index in [2.05, 4.69) is 170 Å². The van der Waals surface area contributed by atoms with Crippen LogP contribution in [-0.2, 0) is 0 Å². The van der Waals surface area contributed by atoms with Crippen LogP contribution in [0.15, 0.2) is 217 Å². The fourth-order valence-electron chi connectivity index (χ4n) is 8.22. The number of hydrogen-bond acceptors (Lipinski definition) is 4. The molecule has 0 aliphatic rings. The molecular weight excluding hydrogens is 719 g/mol. The summed E-state index contributed by atoms with van der Waals surface area (Å²) in [6.07, 6.45) is 0. The van der Waals surface area contributed by atoms with Gasteiger partial charge in [0.1, 0.15) is 11.2 Å². The van der Waals surface area contributed by atoms with E-state index in [0.717, 1.165) is 71.7 Å². The first-order valence-electron chi connectivity index (χ1n) is 19.8. The van der Waals surface area contributed by atoms with Gasteiger partial charge in [-0.05, 0) is 86.3 Å². The second-order valence-corrected chi connectivity index (χ2v) is 14.8. The van der Waals surface area contributed by atoms with E-state index < -0.39 is 0 Å². The fraction of sp³-hybridized carbons (Fsp3) is 0. The average molecular weight is 754 g/mol. The summed E-state index contributed by atoms with van der Waals surface area (Å²) in [6.45, 7) is 0. The van der Waals surface area contributed by atoms with Crippen LogP contribution >= 0.6 is 0 Å². The highest BCUT2D eigenvalue weighted by Gasteiger charge is 2.19. The maximum atomic E-state index is 6.44. The van der Waals surface area contributed by atoms with Crippen LogP contribution in [-0.4, -0.2) is 15.0 Å². The minimum atomic E-state index is 0.601. The van der Waals surface area contributed by atoms with Gasteiger partial charge in [0.15, 0.2) is 17.5 Å². The highest BCUT2D eigenvalue weighted by Crippen LogP contribution is 2.44. The monoisotopic (exact) mass is 753 g/mol. The van der Waals surface area contributed by atoms with Gasteiger partial charge in [-0.15, -0.1) is 0 Å². The van der Waals surface area contributed by atoms with Gasteiger partial charge in [-0.3, -0.25) is 0 Å². The number of nitrogens with zero attached hydrogens (tertiary/aromatic N) is 3. The molecule has 4 heteroatoms. The summed E-state index contributed by atoms with van der Waals surface area (Å²) in [6, 6.07) is 74.2. The summed E-state index contributed by atoms with van der Waals surface area (Å²) in [5.74, 6) is 1.83. The van der Waals surface area contributed by atoms with E-state index in [0.29, 0.717) is 17.5 Å². The normalized spacial score (nSPS) is 11.4. The Morgan fingerprint density at radius 1 is 0.288 bits per heavy atom. The number of rotatable bonds is 7. The first-order chi connectivity index (χ1) is 29.2. The quantitative estimate of drug-likeness (QED) is 0.163. The van der Waals surface area contributed by atoms with Gasteiger partial charge < -0.3 is 4.42 Å². The molecule has 0 N–H and O–H groups in total. The van der Waals surface area contributed by atoms with Crippen LogP contribution in [0.2, 0.25) is 0 Å². The number of aromatic nitrogens is 3. The second-order valence-electron chi connectivity index (χ2n) is 14.8. The molecule has 0 atom stereocenters. The fourth-order valence-corrected chi connectivity index (χ4v) is 8.22. The lowest BCUT2D eigenvalue weighted by Crippen LogP contribution is -2.00. The highest BCUT2D eigenvalue weighted by atomic mass is 16.3. The lowest BCUT2D eigenvalue weighted by atomic mass is 9.84. The van der Waals surface area contributed by atoms with Crippen LogP contribution in [0, 0.1) is 0 Å². The van der Waals surface area contributed by atoms with Gasteiger partial charge in [0.25, 0.3) is 0 Å². The van der Waals surface area contributed by atoms with E-state index >= 15 is 0 Å². The zero-order chi connectivity index (χ0) is 39.1. The van der Waals surface area contributed by atoms with Crippen molar-refractivity contribution in [3.63, 3.8) is 0 Å². The summed E-state index contributed by atoms with van der Waals surface area (Å²) in [7, 11) is 0. The SMILES string of the molecule is c1ccc(-c2cc(-c3ccccc3)c(-c3ccccc3)c(-c3ccc(-c4nc(-c5ccccc5)nc(-c5ccc6oc7c8ccccc8ccc7c6c5)n4)cc3)c2)cc1. The third-order valence-corrected chi connectivity index (χ3v) is 11.1. The lowest BCUT2D eigenvalue weighted by molar-refractivity contribution is 0.672. The molecule has 0 unspecified atom stereocenters. The van der Waals surface area contributed by atoms with Crippen LogP contribution in [0.1, 0.15) is 0 Å². The Hall–Kier alpha value is -7.95. The van der Waals surface area contributed by atoms with Crippen LogP contribution in [0.25, 0.3) is 111 Å². The molecule has 0 radical (unpaired) electrons. The summed E-state index contributed by atoms with van der Waals surface area (Å²) in [4.78, 5) is 15.3. The molecule has 0 saturated heterocycles. The standard InChI is InChI=1S/C55H35N3O/c1-5-15-36(16-6-1)44-34-47(37-17-7-2-8-18-37)51(40-20-9-3-10-21-40)48(35-44)39-25-27-42(28-26-39)54-56-53(41-22-11-4-12-23-41)57-55(58-54)43-30-32-50-49(33-43)46-31-29-38-19-13-14-24-45(38)52(46)59-50/h1-35H. The topological polar surface area (TPSA) is 51.8 Å². The van der Waals surface area contributed by atoms with Gasteiger partial charge in [0.05, 0.1) is 0 Å². The Balaban J connectivity index is 1.06. The molecule has 276 valence electrons. The molecule has 0 aliphatic carbocycles. The Labute approximate surface area is 341 Å². The minimum absolute atomic E-state index is 0.601. The van der Waals surface area contributed by atoms with Crippen molar-refractivity contribution < 1.29 is 4.42 Å². The molecule has 0 spiro atoms. The molecule has 0 amide bonds. The molecule has 0 fully saturated rings. The van der Waals surface area contributed by atoms with Crippen LogP contribution < -0.4 is 0 Å². The molecule has 0 aliphatic heterocycles. The van der Waals surface area contributed by atoms with E-state index in [1.807, 2.05) is 42.5 Å². The Bertz CT molecular complexity index is 3290. The zero-order valence-corrected chi connectivity index (χ0v) is 32.0. The van der Waals surface area contributed by atoms with Crippen molar-refractivity contribution in [3.05, 3.63) is 212 Å². The second kappa shape index (κ2) is 14.5. The maximum Gasteiger partial charge on any atom is 0.164 e. The molecule has 59 heavy (non-hydrogen) atoms. The molecule has 9 aromatic carbocycles. The number of fused-ring (bicyclic) bond motifs is 5. The first kappa shape index (κ1) is 34.3. The van der Waals surface area contributed by atoms with Gasteiger partial charge in [-0.25, -0.2) is 15.0 Å². The smallest absolute Gasteiger partial charge is 0.164 e. The van der Waals surface area contributed by atoms with Crippen molar-refractivity contribution in [2.45, 2.75) is 0 Å². The Morgan fingerprint density at radius 2 is 0.763 bits per heavy atom. The summed E-state index contributed by atoms with van der Waals surface area (Å²) >= 11 is 0. The van der Waals surface area contributed by atoms with E-state index in [-0.39, 0.29) is 0 Å². The molecule has 0 saturated carbocycles. The van der Waals surface area contributed by atoms with E-state index in [9.17, 15) is 0 Å². The highest BCUT2D eigenvalue weighted by molar-refractivity contribution is 6.15. The molecule has 2 heterocycles.